The van der Waals surface area contributed by atoms with Crippen LogP contribution in [0.1, 0.15) is 58.1 Å². The van der Waals surface area contributed by atoms with E-state index in [0.29, 0.717) is 23.0 Å². The van der Waals surface area contributed by atoms with E-state index in [1.54, 1.807) is 6.07 Å². The number of rotatable bonds is 5. The van der Waals surface area contributed by atoms with Gasteiger partial charge in [0.25, 0.3) is 5.91 Å². The number of nitrogens with one attached hydrogen (secondary N) is 1. The molecule has 0 aliphatic heterocycles. The monoisotopic (exact) mass is 394 g/mol. The van der Waals surface area contributed by atoms with Crippen molar-refractivity contribution in [1.82, 2.24) is 10.2 Å². The zero-order valence-corrected chi connectivity index (χ0v) is 16.2. The van der Waals surface area contributed by atoms with Gasteiger partial charge in [0, 0.05) is 12.0 Å². The lowest BCUT2D eigenvalue weighted by Crippen LogP contribution is -2.12. The molecule has 28 heavy (non-hydrogen) atoms. The van der Waals surface area contributed by atoms with Crippen molar-refractivity contribution in [2.24, 2.45) is 0 Å². The maximum Gasteiger partial charge on any atom is 0.257 e. The zero-order valence-electron chi connectivity index (χ0n) is 15.4. The molecule has 1 aliphatic carbocycles. The summed E-state index contributed by atoms with van der Waals surface area (Å²) < 4.78 is 13.3. The highest BCUT2D eigenvalue weighted by molar-refractivity contribution is 7.15. The standard InChI is InChI=1S/C22H21FN3OS/c23-19-8-4-5-15(13-19)14-20-25-26-22(28-20)24-21(27)18-11-9-17(10-12-18)16-6-2-1-3-7-16/h1,4-5,8-13,16H,2-3,6-7,14H2,(H,24,26,27). The lowest BCUT2D eigenvalue weighted by atomic mass is 9.84. The van der Waals surface area contributed by atoms with Crippen LogP contribution in [0.5, 0.6) is 0 Å². The highest BCUT2D eigenvalue weighted by atomic mass is 32.1. The fourth-order valence-electron chi connectivity index (χ4n) is 3.53. The third-order valence-corrected chi connectivity index (χ3v) is 5.85. The summed E-state index contributed by atoms with van der Waals surface area (Å²) in [4.78, 5) is 12.5. The van der Waals surface area contributed by atoms with Crippen LogP contribution in [0.2, 0.25) is 0 Å². The lowest BCUT2D eigenvalue weighted by Gasteiger charge is -2.21. The smallest absolute Gasteiger partial charge is 0.257 e. The first kappa shape index (κ1) is 18.7. The van der Waals surface area contributed by atoms with Gasteiger partial charge in [-0.05, 0) is 73.4 Å². The van der Waals surface area contributed by atoms with Gasteiger partial charge in [0.2, 0.25) is 5.13 Å². The predicted octanol–water partition coefficient (Wildman–Crippen LogP) is 5.38. The summed E-state index contributed by atoms with van der Waals surface area (Å²) in [5.74, 6) is 0.123. The number of hydrogen-bond acceptors (Lipinski definition) is 4. The molecule has 1 N–H and O–H groups in total. The first-order valence-corrected chi connectivity index (χ1v) is 10.3. The summed E-state index contributed by atoms with van der Waals surface area (Å²) in [7, 11) is 0. The molecule has 1 heterocycles. The quantitative estimate of drug-likeness (QED) is 0.632. The molecule has 4 rings (SSSR count). The Bertz CT molecular complexity index is 948. The Kier molecular flexibility index (Phi) is 5.76. The van der Waals surface area contributed by atoms with Crippen molar-refractivity contribution < 1.29 is 9.18 Å². The molecule has 0 bridgehead atoms. The molecule has 1 aromatic heterocycles. The number of anilines is 1. The second-order valence-corrected chi connectivity index (χ2v) is 8.09. The van der Waals surface area contributed by atoms with Gasteiger partial charge in [0.1, 0.15) is 10.8 Å². The van der Waals surface area contributed by atoms with Gasteiger partial charge in [-0.3, -0.25) is 10.1 Å². The fourth-order valence-corrected chi connectivity index (χ4v) is 4.30. The van der Waals surface area contributed by atoms with Gasteiger partial charge in [-0.2, -0.15) is 0 Å². The van der Waals surface area contributed by atoms with Gasteiger partial charge in [-0.15, -0.1) is 10.2 Å². The molecule has 0 atom stereocenters. The zero-order chi connectivity index (χ0) is 19.3. The molecule has 3 aromatic rings. The summed E-state index contributed by atoms with van der Waals surface area (Å²) in [6, 6.07) is 14.3. The summed E-state index contributed by atoms with van der Waals surface area (Å²) in [6.07, 6.45) is 7.54. The van der Waals surface area contributed by atoms with Gasteiger partial charge < -0.3 is 0 Å². The van der Waals surface area contributed by atoms with Crippen LogP contribution in [0.25, 0.3) is 0 Å². The van der Waals surface area contributed by atoms with Crippen LogP contribution in [-0.4, -0.2) is 16.1 Å². The Balaban J connectivity index is 1.37. The third-order valence-electron chi connectivity index (χ3n) is 5.01. The van der Waals surface area contributed by atoms with E-state index < -0.39 is 0 Å². The predicted molar refractivity (Wildman–Crippen MR) is 109 cm³/mol. The van der Waals surface area contributed by atoms with Crippen LogP contribution < -0.4 is 5.32 Å². The fraction of sp³-hybridized carbons (Fsp3) is 0.273. The number of hydrogen-bond donors (Lipinski definition) is 1. The molecule has 0 spiro atoms. The van der Waals surface area contributed by atoms with E-state index in [-0.39, 0.29) is 11.7 Å². The van der Waals surface area contributed by atoms with Crippen molar-refractivity contribution in [1.29, 1.82) is 0 Å². The van der Waals surface area contributed by atoms with E-state index in [1.165, 1.54) is 54.7 Å². The van der Waals surface area contributed by atoms with Gasteiger partial charge in [0.05, 0.1) is 0 Å². The van der Waals surface area contributed by atoms with E-state index in [1.807, 2.05) is 18.2 Å². The normalized spacial score (nSPS) is 14.8. The van der Waals surface area contributed by atoms with Gasteiger partial charge in [-0.1, -0.05) is 35.6 Å². The van der Waals surface area contributed by atoms with Crippen molar-refractivity contribution >= 4 is 22.4 Å². The minimum Gasteiger partial charge on any atom is -0.296 e. The summed E-state index contributed by atoms with van der Waals surface area (Å²) in [5.41, 5.74) is 2.73. The SMILES string of the molecule is O=C(Nc1nnc(Cc2cccc(F)c2)s1)c1ccc(C2CC[CH]CC2)cc1. The number of amides is 1. The minimum atomic E-state index is -0.273. The summed E-state index contributed by atoms with van der Waals surface area (Å²) in [6.45, 7) is 0. The molecule has 6 heteroatoms. The number of aromatic nitrogens is 2. The Morgan fingerprint density at radius 2 is 1.89 bits per heavy atom. The van der Waals surface area contributed by atoms with Crippen molar-refractivity contribution in [2.45, 2.75) is 38.0 Å². The average Bonchev–Trinajstić information content (AvgIpc) is 3.15. The molecular weight excluding hydrogens is 373 g/mol. The van der Waals surface area contributed by atoms with Crippen LogP contribution in [0, 0.1) is 12.2 Å². The molecule has 143 valence electrons. The number of halogens is 1. The van der Waals surface area contributed by atoms with Crippen molar-refractivity contribution in [3.05, 3.63) is 82.5 Å². The van der Waals surface area contributed by atoms with Crippen LogP contribution in [0.15, 0.2) is 48.5 Å². The van der Waals surface area contributed by atoms with Gasteiger partial charge in [-0.25, -0.2) is 4.39 Å². The topological polar surface area (TPSA) is 54.9 Å². The summed E-state index contributed by atoms with van der Waals surface area (Å²) in [5, 5.41) is 12.1. The van der Waals surface area contributed by atoms with Crippen molar-refractivity contribution in [3.63, 3.8) is 0 Å². The largest absolute Gasteiger partial charge is 0.296 e. The number of benzene rings is 2. The van der Waals surface area contributed by atoms with Gasteiger partial charge in [0.15, 0.2) is 0 Å². The molecule has 0 unspecified atom stereocenters. The van der Waals surface area contributed by atoms with E-state index in [9.17, 15) is 9.18 Å². The second-order valence-electron chi connectivity index (χ2n) is 7.02. The second kappa shape index (κ2) is 8.61. The summed E-state index contributed by atoms with van der Waals surface area (Å²) >= 11 is 1.30. The molecule has 4 nitrogen and oxygen atoms in total. The number of nitrogens with zero attached hydrogens (tertiary/aromatic N) is 2. The van der Waals surface area contributed by atoms with Crippen LogP contribution in [0.3, 0.4) is 0 Å². The highest BCUT2D eigenvalue weighted by Crippen LogP contribution is 2.32. The molecule has 1 amide bonds. The van der Waals surface area contributed by atoms with Gasteiger partial charge >= 0.3 is 0 Å². The molecule has 1 fully saturated rings. The van der Waals surface area contributed by atoms with Crippen LogP contribution in [0.4, 0.5) is 9.52 Å². The van der Waals surface area contributed by atoms with Crippen LogP contribution >= 0.6 is 11.3 Å². The maximum atomic E-state index is 13.3. The van der Waals surface area contributed by atoms with E-state index in [2.05, 4.69) is 34.1 Å². The molecule has 0 saturated heterocycles. The lowest BCUT2D eigenvalue weighted by molar-refractivity contribution is 0.102. The van der Waals surface area contributed by atoms with E-state index in [4.69, 9.17) is 0 Å². The van der Waals surface area contributed by atoms with E-state index in [0.717, 1.165) is 10.6 Å². The number of carbonyl (C=O) groups excluding carboxylic acids is 1. The Labute approximate surface area is 167 Å². The Hall–Kier alpha value is -2.60. The molecule has 1 aliphatic rings. The maximum absolute atomic E-state index is 13.3. The minimum absolute atomic E-state index is 0.197. The van der Waals surface area contributed by atoms with Crippen LogP contribution in [-0.2, 0) is 6.42 Å². The Morgan fingerprint density at radius 3 is 2.64 bits per heavy atom. The van der Waals surface area contributed by atoms with Crippen molar-refractivity contribution in [3.8, 4) is 0 Å². The molecule has 1 radical (unpaired) electrons. The molecule has 2 aromatic carbocycles. The first-order valence-electron chi connectivity index (χ1n) is 9.47. The Morgan fingerprint density at radius 1 is 1.11 bits per heavy atom. The molecule has 1 saturated carbocycles. The third kappa shape index (κ3) is 4.62. The first-order chi connectivity index (χ1) is 13.7. The molecular formula is C22H21FN3OS. The highest BCUT2D eigenvalue weighted by Gasteiger charge is 2.16. The van der Waals surface area contributed by atoms with E-state index >= 15 is 0 Å². The van der Waals surface area contributed by atoms with Crippen molar-refractivity contribution in [2.75, 3.05) is 5.32 Å². The average molecular weight is 394 g/mol. The number of carbonyl (C=O) groups is 1.